The quantitative estimate of drug-likeness (QED) is 0.491. The molecule has 1 atom stereocenters. The van der Waals surface area contributed by atoms with Crippen LogP contribution in [0, 0.1) is 11.8 Å². The van der Waals surface area contributed by atoms with E-state index in [1.54, 1.807) is 0 Å². The number of para-hydroxylation sites is 1. The van der Waals surface area contributed by atoms with Gasteiger partial charge in [-0.2, -0.15) is 0 Å². The fourth-order valence-electron chi connectivity index (χ4n) is 3.30. The number of ether oxygens (including phenoxy) is 1. The Bertz CT molecular complexity index is 673. The predicted molar refractivity (Wildman–Crippen MR) is 119 cm³/mol. The zero-order chi connectivity index (χ0) is 21.2. The molecule has 1 heterocycles. The van der Waals surface area contributed by atoms with Crippen molar-refractivity contribution in [1.82, 2.24) is 15.5 Å². The fraction of sp³-hybridized carbons (Fsp3) is 0.652. The number of nitrogens with one attached hydrogen (secondary N) is 2. The predicted octanol–water partition coefficient (Wildman–Crippen LogP) is 3.42. The molecular weight excluding hydrogens is 364 g/mol. The Morgan fingerprint density at radius 2 is 2.03 bits per heavy atom. The average Bonchev–Trinajstić information content (AvgIpc) is 3.14. The molecule has 0 spiro atoms. The van der Waals surface area contributed by atoms with Crippen molar-refractivity contribution in [2.24, 2.45) is 16.8 Å². The summed E-state index contributed by atoms with van der Waals surface area (Å²) in [5, 5.41) is 6.81. The smallest absolute Gasteiger partial charge is 0.225 e. The average molecular weight is 403 g/mol. The number of amides is 1. The van der Waals surface area contributed by atoms with Gasteiger partial charge in [-0.1, -0.05) is 45.9 Å². The SMILES string of the molecule is CCNC(=NCc1ccccc1OCCC(C)C)NC1CCN(C(=O)C(C)C)C1. The molecule has 1 unspecified atom stereocenters. The Labute approximate surface area is 176 Å². The lowest BCUT2D eigenvalue weighted by atomic mass is 10.1. The maximum atomic E-state index is 12.2. The van der Waals surface area contributed by atoms with Crippen molar-refractivity contribution in [2.75, 3.05) is 26.2 Å². The summed E-state index contributed by atoms with van der Waals surface area (Å²) in [5.74, 6) is 2.58. The van der Waals surface area contributed by atoms with Crippen molar-refractivity contribution in [3.8, 4) is 5.75 Å². The van der Waals surface area contributed by atoms with Gasteiger partial charge in [0.2, 0.25) is 5.91 Å². The summed E-state index contributed by atoms with van der Waals surface area (Å²) in [6.45, 7) is 14.0. The van der Waals surface area contributed by atoms with E-state index in [9.17, 15) is 4.79 Å². The van der Waals surface area contributed by atoms with Crippen LogP contribution in [0.25, 0.3) is 0 Å². The molecule has 1 aliphatic heterocycles. The molecule has 2 rings (SSSR count). The van der Waals surface area contributed by atoms with Crippen LogP contribution in [0.15, 0.2) is 29.3 Å². The molecule has 1 saturated heterocycles. The first-order valence-corrected chi connectivity index (χ1v) is 10.9. The number of guanidine groups is 1. The summed E-state index contributed by atoms with van der Waals surface area (Å²) in [6, 6.07) is 8.33. The molecule has 29 heavy (non-hydrogen) atoms. The van der Waals surface area contributed by atoms with Gasteiger partial charge in [0.25, 0.3) is 0 Å². The van der Waals surface area contributed by atoms with E-state index in [4.69, 9.17) is 9.73 Å². The molecule has 0 bridgehead atoms. The van der Waals surface area contributed by atoms with Crippen LogP contribution in [-0.4, -0.2) is 49.0 Å². The number of rotatable bonds is 9. The molecule has 6 nitrogen and oxygen atoms in total. The summed E-state index contributed by atoms with van der Waals surface area (Å²) in [4.78, 5) is 18.9. The highest BCUT2D eigenvalue weighted by Gasteiger charge is 2.27. The van der Waals surface area contributed by atoms with Crippen LogP contribution in [0.5, 0.6) is 5.75 Å². The largest absolute Gasteiger partial charge is 0.493 e. The van der Waals surface area contributed by atoms with E-state index in [0.717, 1.165) is 56.4 Å². The van der Waals surface area contributed by atoms with Gasteiger partial charge in [-0.15, -0.1) is 0 Å². The molecule has 6 heteroatoms. The number of aliphatic imine (C=N–C) groups is 1. The first-order valence-electron chi connectivity index (χ1n) is 10.9. The van der Waals surface area contributed by atoms with Crippen LogP contribution in [0.3, 0.4) is 0 Å². The standard InChI is InChI=1S/C23H38N4O2/c1-6-24-23(26-20-11-13-27(16-20)22(28)18(4)5)25-15-19-9-7-8-10-21(19)29-14-12-17(2)3/h7-10,17-18,20H,6,11-16H2,1-5H3,(H2,24,25,26). The topological polar surface area (TPSA) is 66.0 Å². The van der Waals surface area contributed by atoms with Crippen molar-refractivity contribution in [3.05, 3.63) is 29.8 Å². The van der Waals surface area contributed by atoms with E-state index in [-0.39, 0.29) is 17.9 Å². The molecule has 0 saturated carbocycles. The van der Waals surface area contributed by atoms with E-state index in [0.29, 0.717) is 12.5 Å². The van der Waals surface area contributed by atoms with Gasteiger partial charge in [-0.3, -0.25) is 4.79 Å². The molecular formula is C23H38N4O2. The van der Waals surface area contributed by atoms with E-state index < -0.39 is 0 Å². The molecule has 0 radical (unpaired) electrons. The molecule has 162 valence electrons. The maximum Gasteiger partial charge on any atom is 0.225 e. The van der Waals surface area contributed by atoms with Crippen LogP contribution in [0.4, 0.5) is 0 Å². The molecule has 1 fully saturated rings. The second kappa shape index (κ2) is 11.7. The molecule has 1 amide bonds. The Kier molecular flexibility index (Phi) is 9.29. The zero-order valence-electron chi connectivity index (χ0n) is 18.7. The maximum absolute atomic E-state index is 12.2. The Morgan fingerprint density at radius 3 is 2.72 bits per heavy atom. The molecule has 1 aromatic rings. The number of hydrogen-bond donors (Lipinski definition) is 2. The fourth-order valence-corrected chi connectivity index (χ4v) is 3.30. The first-order chi connectivity index (χ1) is 13.9. The lowest BCUT2D eigenvalue weighted by molar-refractivity contribution is -0.133. The highest BCUT2D eigenvalue weighted by Crippen LogP contribution is 2.20. The highest BCUT2D eigenvalue weighted by molar-refractivity contribution is 5.81. The normalized spacial score (nSPS) is 17.1. The molecule has 0 aromatic heterocycles. The minimum absolute atomic E-state index is 0.0443. The summed E-state index contributed by atoms with van der Waals surface area (Å²) >= 11 is 0. The van der Waals surface area contributed by atoms with Crippen molar-refractivity contribution in [3.63, 3.8) is 0 Å². The summed E-state index contributed by atoms with van der Waals surface area (Å²) < 4.78 is 5.98. The van der Waals surface area contributed by atoms with Crippen molar-refractivity contribution in [1.29, 1.82) is 0 Å². The molecule has 0 aliphatic carbocycles. The van der Waals surface area contributed by atoms with Gasteiger partial charge in [0, 0.05) is 37.2 Å². The van der Waals surface area contributed by atoms with E-state index in [2.05, 4.69) is 37.5 Å². The van der Waals surface area contributed by atoms with Gasteiger partial charge < -0.3 is 20.3 Å². The molecule has 1 aliphatic rings. The summed E-state index contributed by atoms with van der Waals surface area (Å²) in [7, 11) is 0. The molecule has 2 N–H and O–H groups in total. The lowest BCUT2D eigenvalue weighted by Gasteiger charge is -2.20. The van der Waals surface area contributed by atoms with Crippen LogP contribution in [0.2, 0.25) is 0 Å². The van der Waals surface area contributed by atoms with Crippen LogP contribution < -0.4 is 15.4 Å². The summed E-state index contributed by atoms with van der Waals surface area (Å²) in [6.07, 6.45) is 1.98. The first kappa shape index (κ1) is 23.0. The van der Waals surface area contributed by atoms with E-state index >= 15 is 0 Å². The number of carbonyl (C=O) groups excluding carboxylic acids is 1. The minimum Gasteiger partial charge on any atom is -0.493 e. The van der Waals surface area contributed by atoms with Gasteiger partial charge in [-0.05, 0) is 31.7 Å². The third kappa shape index (κ3) is 7.59. The number of carbonyl (C=O) groups is 1. The second-order valence-electron chi connectivity index (χ2n) is 8.40. The monoisotopic (exact) mass is 402 g/mol. The zero-order valence-corrected chi connectivity index (χ0v) is 18.7. The van der Waals surface area contributed by atoms with Crippen molar-refractivity contribution in [2.45, 2.75) is 60.0 Å². The third-order valence-electron chi connectivity index (χ3n) is 5.01. The number of likely N-dealkylation sites (tertiary alicyclic amines) is 1. The Balaban J connectivity index is 1.97. The highest BCUT2D eigenvalue weighted by atomic mass is 16.5. The van der Waals surface area contributed by atoms with E-state index in [1.165, 1.54) is 0 Å². The third-order valence-corrected chi connectivity index (χ3v) is 5.01. The van der Waals surface area contributed by atoms with E-state index in [1.807, 2.05) is 36.9 Å². The number of nitrogens with zero attached hydrogens (tertiary/aromatic N) is 2. The van der Waals surface area contributed by atoms with Gasteiger partial charge in [0.15, 0.2) is 5.96 Å². The van der Waals surface area contributed by atoms with Crippen LogP contribution in [0.1, 0.15) is 53.0 Å². The van der Waals surface area contributed by atoms with Gasteiger partial charge >= 0.3 is 0 Å². The number of benzene rings is 1. The van der Waals surface area contributed by atoms with Crippen LogP contribution >= 0.6 is 0 Å². The van der Waals surface area contributed by atoms with Crippen molar-refractivity contribution < 1.29 is 9.53 Å². The van der Waals surface area contributed by atoms with Gasteiger partial charge in [-0.25, -0.2) is 4.99 Å². The Hall–Kier alpha value is -2.24. The minimum atomic E-state index is 0.0443. The van der Waals surface area contributed by atoms with Gasteiger partial charge in [0.1, 0.15) is 5.75 Å². The second-order valence-corrected chi connectivity index (χ2v) is 8.40. The number of hydrogen-bond acceptors (Lipinski definition) is 3. The van der Waals surface area contributed by atoms with Crippen molar-refractivity contribution >= 4 is 11.9 Å². The lowest BCUT2D eigenvalue weighted by Crippen LogP contribution is -2.45. The Morgan fingerprint density at radius 1 is 1.28 bits per heavy atom. The molecule has 1 aromatic carbocycles. The van der Waals surface area contributed by atoms with Crippen LogP contribution in [-0.2, 0) is 11.3 Å². The summed E-state index contributed by atoms with van der Waals surface area (Å²) in [5.41, 5.74) is 1.08. The van der Waals surface area contributed by atoms with Gasteiger partial charge in [0.05, 0.1) is 13.2 Å².